The second kappa shape index (κ2) is 9.15. The summed E-state index contributed by atoms with van der Waals surface area (Å²) in [5.41, 5.74) is 0.565. The fraction of sp³-hybridized carbons (Fsp3) is 0.588. The minimum Gasteiger partial charge on any atom is -0.381 e. The van der Waals surface area contributed by atoms with Crippen molar-refractivity contribution in [3.63, 3.8) is 0 Å². The molecule has 0 spiro atoms. The maximum absolute atomic E-state index is 12.4. The highest BCUT2D eigenvalue weighted by atomic mass is 32.2. The number of benzene rings is 1. The number of ether oxygens (including phenoxy) is 1. The topological polar surface area (TPSA) is 75.7 Å². The number of sulfonamides is 1. The van der Waals surface area contributed by atoms with Crippen LogP contribution in [0.2, 0.25) is 0 Å². The summed E-state index contributed by atoms with van der Waals surface area (Å²) in [7, 11) is -1.96. The maximum Gasteiger partial charge on any atom is 0.243 e. The highest BCUT2D eigenvalue weighted by Gasteiger charge is 2.22. The summed E-state index contributed by atoms with van der Waals surface area (Å²) in [6, 6.07) is 6.06. The van der Waals surface area contributed by atoms with Crippen LogP contribution in [0.1, 0.15) is 34.1 Å². The number of rotatable bonds is 9. The molecular formula is C17H28N2O4S. The van der Waals surface area contributed by atoms with Crippen molar-refractivity contribution in [3.05, 3.63) is 24.3 Å². The van der Waals surface area contributed by atoms with Crippen LogP contribution in [-0.2, 0) is 19.6 Å². The largest absolute Gasteiger partial charge is 0.381 e. The van der Waals surface area contributed by atoms with Gasteiger partial charge in [-0.1, -0.05) is 13.8 Å². The molecule has 0 aromatic heterocycles. The van der Waals surface area contributed by atoms with Gasteiger partial charge in [-0.05, 0) is 44.0 Å². The van der Waals surface area contributed by atoms with Gasteiger partial charge in [-0.15, -0.1) is 0 Å². The molecule has 0 aliphatic rings. The Morgan fingerprint density at radius 1 is 1.17 bits per heavy atom. The lowest BCUT2D eigenvalue weighted by atomic mass is 10.2. The molecule has 1 aromatic carbocycles. The smallest absolute Gasteiger partial charge is 0.243 e. The van der Waals surface area contributed by atoms with E-state index >= 15 is 0 Å². The van der Waals surface area contributed by atoms with E-state index in [-0.39, 0.29) is 23.3 Å². The molecule has 0 radical (unpaired) electrons. The summed E-state index contributed by atoms with van der Waals surface area (Å²) in [5.74, 6) is 0.278. The van der Waals surface area contributed by atoms with Gasteiger partial charge < -0.3 is 10.1 Å². The van der Waals surface area contributed by atoms with Crippen LogP contribution in [0, 0.1) is 5.92 Å². The van der Waals surface area contributed by atoms with E-state index in [0.29, 0.717) is 24.8 Å². The van der Waals surface area contributed by atoms with E-state index in [1.54, 1.807) is 19.2 Å². The van der Waals surface area contributed by atoms with E-state index in [1.807, 2.05) is 27.7 Å². The summed E-state index contributed by atoms with van der Waals surface area (Å²) in [6.07, 6.45) is 0.267. The molecule has 0 aliphatic heterocycles. The van der Waals surface area contributed by atoms with E-state index in [4.69, 9.17) is 4.74 Å². The molecule has 0 saturated heterocycles. The van der Waals surface area contributed by atoms with Gasteiger partial charge in [-0.25, -0.2) is 8.42 Å². The Hall–Kier alpha value is -1.44. The van der Waals surface area contributed by atoms with Crippen molar-refractivity contribution in [3.8, 4) is 0 Å². The molecule has 0 atom stereocenters. The molecule has 0 bridgehead atoms. The first kappa shape index (κ1) is 20.6. The Labute approximate surface area is 145 Å². The summed E-state index contributed by atoms with van der Waals surface area (Å²) in [5, 5.41) is 2.73. The van der Waals surface area contributed by atoms with Gasteiger partial charge in [0.05, 0.1) is 17.9 Å². The molecule has 1 aromatic rings. The second-order valence-corrected chi connectivity index (χ2v) is 8.40. The van der Waals surface area contributed by atoms with Gasteiger partial charge in [-0.3, -0.25) is 4.79 Å². The first-order chi connectivity index (χ1) is 11.1. The average Bonchev–Trinajstić information content (AvgIpc) is 2.51. The number of amides is 1. The van der Waals surface area contributed by atoms with Crippen LogP contribution in [0.4, 0.5) is 5.69 Å². The van der Waals surface area contributed by atoms with E-state index in [9.17, 15) is 13.2 Å². The number of nitrogens with zero attached hydrogens (tertiary/aromatic N) is 1. The zero-order valence-corrected chi connectivity index (χ0v) is 15.9. The minimum absolute atomic E-state index is 0.125. The number of carbonyl (C=O) groups excluding carboxylic acids is 1. The Morgan fingerprint density at radius 2 is 1.75 bits per heavy atom. The second-order valence-electron chi connectivity index (χ2n) is 6.41. The molecule has 6 nitrogen and oxygen atoms in total. The van der Waals surface area contributed by atoms with Gasteiger partial charge in [0.2, 0.25) is 15.9 Å². The quantitative estimate of drug-likeness (QED) is 0.690. The number of anilines is 1. The SMILES string of the molecule is CC(C)COCCC(=O)Nc1ccc(S(=O)(=O)N(C)C(C)C)cc1. The van der Waals surface area contributed by atoms with Crippen molar-refractivity contribution in [1.29, 1.82) is 0 Å². The van der Waals surface area contributed by atoms with E-state index in [2.05, 4.69) is 5.32 Å². The number of carbonyl (C=O) groups is 1. The molecular weight excluding hydrogens is 328 g/mol. The monoisotopic (exact) mass is 356 g/mol. The first-order valence-corrected chi connectivity index (χ1v) is 9.54. The lowest BCUT2D eigenvalue weighted by Gasteiger charge is -2.21. The van der Waals surface area contributed by atoms with Crippen LogP contribution in [0.5, 0.6) is 0 Å². The number of hydrogen-bond donors (Lipinski definition) is 1. The molecule has 1 amide bonds. The van der Waals surface area contributed by atoms with Crippen molar-refractivity contribution in [2.75, 3.05) is 25.6 Å². The Kier molecular flexibility index (Phi) is 7.86. The third-order valence-electron chi connectivity index (χ3n) is 3.47. The molecule has 24 heavy (non-hydrogen) atoms. The minimum atomic E-state index is -3.51. The molecule has 0 unspecified atom stereocenters. The van der Waals surface area contributed by atoms with Gasteiger partial charge in [0.25, 0.3) is 0 Å². The molecule has 0 saturated carbocycles. The van der Waals surface area contributed by atoms with Crippen LogP contribution < -0.4 is 5.32 Å². The molecule has 136 valence electrons. The van der Waals surface area contributed by atoms with Crippen LogP contribution >= 0.6 is 0 Å². The lowest BCUT2D eigenvalue weighted by molar-refractivity contribution is -0.117. The Morgan fingerprint density at radius 3 is 2.25 bits per heavy atom. The standard InChI is InChI=1S/C17H28N2O4S/c1-13(2)12-23-11-10-17(20)18-15-6-8-16(9-7-15)24(21,22)19(5)14(3)4/h6-9,13-14H,10-12H2,1-5H3,(H,18,20). The van der Waals surface area contributed by atoms with E-state index in [0.717, 1.165) is 0 Å². The van der Waals surface area contributed by atoms with Crippen molar-refractivity contribution in [2.24, 2.45) is 5.92 Å². The summed E-state index contributed by atoms with van der Waals surface area (Å²) >= 11 is 0. The van der Waals surface area contributed by atoms with Crippen LogP contribution in [0.15, 0.2) is 29.2 Å². The van der Waals surface area contributed by atoms with Gasteiger partial charge in [0.15, 0.2) is 0 Å². The van der Waals surface area contributed by atoms with Crippen molar-refractivity contribution in [2.45, 2.75) is 45.1 Å². The van der Waals surface area contributed by atoms with Crippen molar-refractivity contribution < 1.29 is 17.9 Å². The molecule has 0 fully saturated rings. The molecule has 1 rings (SSSR count). The van der Waals surface area contributed by atoms with Crippen LogP contribution in [0.25, 0.3) is 0 Å². The van der Waals surface area contributed by atoms with Gasteiger partial charge in [-0.2, -0.15) is 4.31 Å². The zero-order chi connectivity index (χ0) is 18.3. The predicted octanol–water partition coefficient (Wildman–Crippen LogP) is 2.72. The highest BCUT2D eigenvalue weighted by molar-refractivity contribution is 7.89. The zero-order valence-electron chi connectivity index (χ0n) is 15.1. The molecule has 1 N–H and O–H groups in total. The predicted molar refractivity (Wildman–Crippen MR) is 95.4 cm³/mol. The van der Waals surface area contributed by atoms with E-state index in [1.165, 1.54) is 16.4 Å². The average molecular weight is 356 g/mol. The highest BCUT2D eigenvalue weighted by Crippen LogP contribution is 2.19. The van der Waals surface area contributed by atoms with Gasteiger partial charge >= 0.3 is 0 Å². The maximum atomic E-state index is 12.4. The lowest BCUT2D eigenvalue weighted by Crippen LogP contribution is -2.33. The fourth-order valence-electron chi connectivity index (χ4n) is 1.86. The first-order valence-electron chi connectivity index (χ1n) is 8.10. The fourth-order valence-corrected chi connectivity index (χ4v) is 3.23. The van der Waals surface area contributed by atoms with Crippen LogP contribution in [0.3, 0.4) is 0 Å². The van der Waals surface area contributed by atoms with Gasteiger partial charge in [0.1, 0.15) is 0 Å². The number of nitrogens with one attached hydrogen (secondary N) is 1. The molecule has 7 heteroatoms. The Bertz CT molecular complexity index is 624. The van der Waals surface area contributed by atoms with Gasteiger partial charge in [0, 0.05) is 25.4 Å². The number of hydrogen-bond acceptors (Lipinski definition) is 4. The summed E-state index contributed by atoms with van der Waals surface area (Å²) in [6.45, 7) is 8.72. The normalized spacial score (nSPS) is 12.2. The summed E-state index contributed by atoms with van der Waals surface area (Å²) in [4.78, 5) is 12.0. The molecule has 0 heterocycles. The molecule has 0 aliphatic carbocycles. The van der Waals surface area contributed by atoms with E-state index < -0.39 is 10.0 Å². The summed E-state index contributed by atoms with van der Waals surface area (Å²) < 4.78 is 31.4. The van der Waals surface area contributed by atoms with Crippen LogP contribution in [-0.4, -0.2) is 44.9 Å². The van der Waals surface area contributed by atoms with Crippen molar-refractivity contribution >= 4 is 21.6 Å². The third-order valence-corrected chi connectivity index (χ3v) is 5.51. The third kappa shape index (κ3) is 6.22. The van der Waals surface area contributed by atoms with Crippen molar-refractivity contribution in [1.82, 2.24) is 4.31 Å². The Balaban J connectivity index is 2.60.